The monoisotopic (exact) mass is 443 g/mol. The molecule has 0 saturated heterocycles. The predicted molar refractivity (Wildman–Crippen MR) is 107 cm³/mol. The standard InChI is InChI=1S/C18H22ClN3O6S/c1-21-17(18(23)24)16(15(20-21)11-3-9-14(28-2)10-4-11)22(29(25,26)27)13-7-5-12(19)6-8-13/h5-8,11,14H,3-4,9-10H2,1-2H3,(H,23,24)(H,25,26,27). The number of aromatic nitrogens is 2. The van der Waals surface area contributed by atoms with E-state index in [-0.39, 0.29) is 29.1 Å². The first-order valence-electron chi connectivity index (χ1n) is 8.99. The number of carboxylic acid groups (broad SMARTS) is 1. The molecule has 1 heterocycles. The van der Waals surface area contributed by atoms with Gasteiger partial charge in [-0.05, 0) is 49.9 Å². The molecule has 9 nitrogen and oxygen atoms in total. The zero-order valence-electron chi connectivity index (χ0n) is 15.9. The van der Waals surface area contributed by atoms with Crippen molar-refractivity contribution in [1.29, 1.82) is 0 Å². The minimum atomic E-state index is -4.85. The lowest BCUT2D eigenvalue weighted by molar-refractivity contribution is 0.0654. The molecule has 29 heavy (non-hydrogen) atoms. The maximum atomic E-state index is 12.3. The first-order valence-corrected chi connectivity index (χ1v) is 10.8. The van der Waals surface area contributed by atoms with Gasteiger partial charge in [-0.3, -0.25) is 9.23 Å². The zero-order valence-corrected chi connectivity index (χ0v) is 17.5. The van der Waals surface area contributed by atoms with Crippen LogP contribution in [0.5, 0.6) is 0 Å². The van der Waals surface area contributed by atoms with Gasteiger partial charge in [-0.2, -0.15) is 13.5 Å². The van der Waals surface area contributed by atoms with E-state index in [9.17, 15) is 22.9 Å². The molecular formula is C18H22ClN3O6S. The predicted octanol–water partition coefficient (Wildman–Crippen LogP) is 3.39. The molecule has 11 heteroatoms. The van der Waals surface area contributed by atoms with Crippen LogP contribution in [0, 0.1) is 0 Å². The number of hydrogen-bond acceptors (Lipinski definition) is 5. The van der Waals surface area contributed by atoms with E-state index < -0.39 is 16.3 Å². The van der Waals surface area contributed by atoms with E-state index in [1.165, 1.54) is 31.3 Å². The summed E-state index contributed by atoms with van der Waals surface area (Å²) in [5.41, 5.74) is -0.126. The fraction of sp³-hybridized carbons (Fsp3) is 0.444. The Bertz CT molecular complexity index is 997. The Kier molecular flexibility index (Phi) is 6.18. The number of carbonyl (C=O) groups is 1. The lowest BCUT2D eigenvalue weighted by Crippen LogP contribution is -2.28. The van der Waals surface area contributed by atoms with E-state index in [1.54, 1.807) is 7.11 Å². The molecule has 0 amide bonds. The molecule has 0 bridgehead atoms. The molecule has 1 aromatic heterocycles. The van der Waals surface area contributed by atoms with E-state index >= 15 is 0 Å². The normalized spacial score (nSPS) is 19.9. The Labute approximate surface area is 173 Å². The van der Waals surface area contributed by atoms with Crippen molar-refractivity contribution in [2.45, 2.75) is 37.7 Å². The molecule has 0 aliphatic heterocycles. The largest absolute Gasteiger partial charge is 0.476 e. The Morgan fingerprint density at radius 3 is 2.31 bits per heavy atom. The summed E-state index contributed by atoms with van der Waals surface area (Å²) in [5.74, 6) is -1.53. The van der Waals surface area contributed by atoms with Crippen LogP contribution in [0.3, 0.4) is 0 Å². The van der Waals surface area contributed by atoms with Crippen LogP contribution in [0.1, 0.15) is 47.8 Å². The number of rotatable bonds is 6. The number of halogens is 1. The maximum Gasteiger partial charge on any atom is 0.364 e. The second kappa shape index (κ2) is 8.31. The van der Waals surface area contributed by atoms with E-state index in [0.717, 1.165) is 17.5 Å². The molecular weight excluding hydrogens is 422 g/mol. The second-order valence-electron chi connectivity index (χ2n) is 6.94. The fourth-order valence-electron chi connectivity index (χ4n) is 3.77. The van der Waals surface area contributed by atoms with Crippen LogP contribution in [0.4, 0.5) is 11.4 Å². The molecule has 0 atom stereocenters. The Balaban J connectivity index is 2.19. The van der Waals surface area contributed by atoms with Gasteiger partial charge >= 0.3 is 16.3 Å². The number of anilines is 2. The van der Waals surface area contributed by atoms with Crippen LogP contribution < -0.4 is 4.31 Å². The molecule has 2 N–H and O–H groups in total. The Morgan fingerprint density at radius 2 is 1.83 bits per heavy atom. The summed E-state index contributed by atoms with van der Waals surface area (Å²) in [5, 5.41) is 14.4. The number of nitrogens with zero attached hydrogens (tertiary/aromatic N) is 3. The first kappa shape index (κ1) is 21.6. The quantitative estimate of drug-likeness (QED) is 0.656. The summed E-state index contributed by atoms with van der Waals surface area (Å²) in [6.07, 6.45) is 2.90. The number of methoxy groups -OCH3 is 1. The van der Waals surface area contributed by atoms with E-state index in [1.807, 2.05) is 0 Å². The molecule has 2 aromatic rings. The topological polar surface area (TPSA) is 122 Å². The molecule has 1 aliphatic rings. The van der Waals surface area contributed by atoms with Crippen molar-refractivity contribution < 1.29 is 27.6 Å². The summed E-state index contributed by atoms with van der Waals surface area (Å²) in [6.45, 7) is 0. The van der Waals surface area contributed by atoms with E-state index in [4.69, 9.17) is 16.3 Å². The highest BCUT2D eigenvalue weighted by molar-refractivity contribution is 7.87. The smallest absolute Gasteiger partial charge is 0.364 e. The lowest BCUT2D eigenvalue weighted by Gasteiger charge is -2.29. The highest BCUT2D eigenvalue weighted by Gasteiger charge is 2.37. The minimum Gasteiger partial charge on any atom is -0.476 e. The molecule has 0 unspecified atom stereocenters. The average molecular weight is 444 g/mol. The van der Waals surface area contributed by atoms with E-state index in [0.29, 0.717) is 27.9 Å². The maximum absolute atomic E-state index is 12.3. The van der Waals surface area contributed by atoms with Crippen LogP contribution >= 0.6 is 11.6 Å². The van der Waals surface area contributed by atoms with Crippen molar-refractivity contribution in [3.8, 4) is 0 Å². The number of benzene rings is 1. The summed E-state index contributed by atoms with van der Waals surface area (Å²) in [6, 6.07) is 5.69. The van der Waals surface area contributed by atoms with Crippen LogP contribution in [-0.2, 0) is 22.1 Å². The van der Waals surface area contributed by atoms with Gasteiger partial charge in [-0.1, -0.05) is 11.6 Å². The van der Waals surface area contributed by atoms with Gasteiger partial charge in [0.05, 0.1) is 17.5 Å². The van der Waals surface area contributed by atoms with Gasteiger partial charge in [0.25, 0.3) is 0 Å². The van der Waals surface area contributed by atoms with Crippen molar-refractivity contribution in [2.24, 2.45) is 7.05 Å². The van der Waals surface area contributed by atoms with Gasteiger partial charge in [0, 0.05) is 25.1 Å². The van der Waals surface area contributed by atoms with Crippen LogP contribution in [0.15, 0.2) is 24.3 Å². The number of carboxylic acids is 1. The average Bonchev–Trinajstić information content (AvgIpc) is 2.99. The summed E-state index contributed by atoms with van der Waals surface area (Å²) >= 11 is 5.89. The van der Waals surface area contributed by atoms with E-state index in [2.05, 4.69) is 5.10 Å². The third-order valence-electron chi connectivity index (χ3n) is 5.14. The Morgan fingerprint density at radius 1 is 1.24 bits per heavy atom. The van der Waals surface area contributed by atoms with Crippen LogP contribution in [0.25, 0.3) is 0 Å². The first-order chi connectivity index (χ1) is 13.6. The highest BCUT2D eigenvalue weighted by atomic mass is 35.5. The molecule has 1 saturated carbocycles. The second-order valence-corrected chi connectivity index (χ2v) is 8.64. The van der Waals surface area contributed by atoms with Crippen LogP contribution in [-0.4, -0.2) is 47.0 Å². The van der Waals surface area contributed by atoms with Crippen molar-refractivity contribution in [3.63, 3.8) is 0 Å². The lowest BCUT2D eigenvalue weighted by atomic mass is 9.84. The number of aromatic carboxylic acids is 1. The van der Waals surface area contributed by atoms with Gasteiger partial charge in [-0.15, -0.1) is 0 Å². The van der Waals surface area contributed by atoms with Gasteiger partial charge < -0.3 is 9.84 Å². The van der Waals surface area contributed by atoms with Gasteiger partial charge in [0.15, 0.2) is 5.69 Å². The molecule has 3 rings (SSSR count). The van der Waals surface area contributed by atoms with Crippen molar-refractivity contribution in [1.82, 2.24) is 9.78 Å². The number of aryl methyl sites for hydroxylation is 1. The van der Waals surface area contributed by atoms with Gasteiger partial charge in [-0.25, -0.2) is 9.10 Å². The number of ether oxygens (including phenoxy) is 1. The van der Waals surface area contributed by atoms with Crippen LogP contribution in [0.2, 0.25) is 5.02 Å². The van der Waals surface area contributed by atoms with Gasteiger partial charge in [0.2, 0.25) is 0 Å². The number of hydrogen-bond donors (Lipinski definition) is 2. The zero-order chi connectivity index (χ0) is 21.3. The SMILES string of the molecule is COC1CCC(c2nn(C)c(C(=O)O)c2N(c2ccc(Cl)cc2)S(=O)(=O)O)CC1. The van der Waals surface area contributed by atoms with Gasteiger partial charge in [0.1, 0.15) is 5.69 Å². The van der Waals surface area contributed by atoms with Crippen molar-refractivity contribution >= 4 is 39.2 Å². The summed E-state index contributed by atoms with van der Waals surface area (Å²) in [7, 11) is -1.78. The summed E-state index contributed by atoms with van der Waals surface area (Å²) < 4.78 is 41.8. The Hall–Kier alpha value is -2.14. The summed E-state index contributed by atoms with van der Waals surface area (Å²) in [4.78, 5) is 11.9. The molecule has 158 valence electrons. The molecule has 0 spiro atoms. The molecule has 1 aliphatic carbocycles. The molecule has 1 aromatic carbocycles. The third-order valence-corrected chi connectivity index (χ3v) is 6.25. The fourth-order valence-corrected chi connectivity index (χ4v) is 4.70. The molecule has 0 radical (unpaired) electrons. The molecule has 1 fully saturated rings. The third kappa shape index (κ3) is 4.40. The van der Waals surface area contributed by atoms with Crippen molar-refractivity contribution in [2.75, 3.05) is 11.4 Å². The highest BCUT2D eigenvalue weighted by Crippen LogP contribution is 2.42. The van der Waals surface area contributed by atoms with Crippen molar-refractivity contribution in [3.05, 3.63) is 40.7 Å². The minimum absolute atomic E-state index is 0.0548.